The van der Waals surface area contributed by atoms with Gasteiger partial charge in [-0.15, -0.1) is 0 Å². The number of carbonyl (C=O) groups is 3. The molecule has 1 unspecified atom stereocenters. The molecule has 0 aliphatic heterocycles. The zero-order chi connectivity index (χ0) is 46.8. The van der Waals surface area contributed by atoms with Gasteiger partial charge in [-0.1, -0.05) is 285 Å². The molecule has 0 aromatic rings. The maximum absolute atomic E-state index is 12.9. The summed E-state index contributed by atoms with van der Waals surface area (Å²) in [6, 6.07) is 0. The lowest BCUT2D eigenvalue weighted by molar-refractivity contribution is -0.167. The van der Waals surface area contributed by atoms with E-state index in [0.29, 0.717) is 19.3 Å². The van der Waals surface area contributed by atoms with Crippen molar-refractivity contribution in [2.75, 3.05) is 13.2 Å². The maximum atomic E-state index is 12.9. The molecule has 0 saturated heterocycles. The van der Waals surface area contributed by atoms with Crippen LogP contribution in [-0.2, 0) is 28.6 Å². The normalized spacial score (nSPS) is 12.5. The molecule has 6 nitrogen and oxygen atoms in total. The van der Waals surface area contributed by atoms with Crippen LogP contribution in [0.1, 0.15) is 324 Å². The van der Waals surface area contributed by atoms with Crippen molar-refractivity contribution in [1.82, 2.24) is 0 Å². The second-order valence-corrected chi connectivity index (χ2v) is 20.6. The van der Waals surface area contributed by atoms with Crippen molar-refractivity contribution in [2.45, 2.75) is 330 Å². The summed E-state index contributed by atoms with van der Waals surface area (Å²) in [6.45, 7) is 11.4. The molecule has 0 bridgehead atoms. The third-order valence-corrected chi connectivity index (χ3v) is 13.6. The molecule has 0 amide bonds. The highest BCUT2D eigenvalue weighted by Gasteiger charge is 2.19. The van der Waals surface area contributed by atoms with Crippen LogP contribution in [0.25, 0.3) is 0 Å². The summed E-state index contributed by atoms with van der Waals surface area (Å²) in [4.78, 5) is 38.1. The second-order valence-electron chi connectivity index (χ2n) is 20.6. The Hall–Kier alpha value is -1.59. The van der Waals surface area contributed by atoms with E-state index in [1.165, 1.54) is 212 Å². The molecule has 0 N–H and O–H groups in total. The highest BCUT2D eigenvalue weighted by atomic mass is 16.6. The van der Waals surface area contributed by atoms with Crippen LogP contribution >= 0.6 is 0 Å². The van der Waals surface area contributed by atoms with E-state index >= 15 is 0 Å². The molecule has 2 atom stereocenters. The first-order valence-corrected chi connectivity index (χ1v) is 28.8. The van der Waals surface area contributed by atoms with Crippen molar-refractivity contribution < 1.29 is 28.6 Å². The van der Waals surface area contributed by atoms with Gasteiger partial charge in [-0.05, 0) is 31.1 Å². The van der Waals surface area contributed by atoms with Gasteiger partial charge in [-0.25, -0.2) is 0 Å². The predicted molar refractivity (Wildman–Crippen MR) is 275 cm³/mol. The molecular formula is C58H112O6. The molecule has 0 spiro atoms. The van der Waals surface area contributed by atoms with Crippen LogP contribution < -0.4 is 0 Å². The fourth-order valence-corrected chi connectivity index (χ4v) is 8.84. The molecule has 64 heavy (non-hydrogen) atoms. The van der Waals surface area contributed by atoms with Gasteiger partial charge in [0, 0.05) is 19.3 Å². The van der Waals surface area contributed by atoms with Crippen molar-refractivity contribution in [2.24, 2.45) is 11.8 Å². The molecule has 0 aliphatic carbocycles. The summed E-state index contributed by atoms with van der Waals surface area (Å²) in [5.74, 6) is 0.846. The van der Waals surface area contributed by atoms with Crippen LogP contribution in [0, 0.1) is 11.8 Å². The first-order valence-electron chi connectivity index (χ1n) is 28.8. The van der Waals surface area contributed by atoms with Crippen molar-refractivity contribution >= 4 is 17.9 Å². The van der Waals surface area contributed by atoms with Crippen LogP contribution in [-0.4, -0.2) is 37.2 Å². The largest absolute Gasteiger partial charge is 0.462 e. The Balaban J connectivity index is 4.29. The summed E-state index contributed by atoms with van der Waals surface area (Å²) in [7, 11) is 0. The number of hydrogen-bond donors (Lipinski definition) is 0. The SMILES string of the molecule is CCCCCCCCCCCCCCCCCCCCCC(=O)O[C@@H](COC(=O)CCCCCCCCCCCCC(C)C)COC(=O)CCCCCCCCCCCCC(C)CC. The van der Waals surface area contributed by atoms with Gasteiger partial charge in [-0.2, -0.15) is 0 Å². The van der Waals surface area contributed by atoms with Crippen LogP contribution in [0.5, 0.6) is 0 Å². The maximum Gasteiger partial charge on any atom is 0.306 e. The van der Waals surface area contributed by atoms with E-state index < -0.39 is 6.10 Å². The number of hydrogen-bond acceptors (Lipinski definition) is 6. The van der Waals surface area contributed by atoms with Gasteiger partial charge in [0.25, 0.3) is 0 Å². The minimum Gasteiger partial charge on any atom is -0.462 e. The molecule has 380 valence electrons. The number of unbranched alkanes of at least 4 members (excludes halogenated alkanes) is 36. The zero-order valence-electron chi connectivity index (χ0n) is 43.9. The van der Waals surface area contributed by atoms with Crippen molar-refractivity contribution in [3.63, 3.8) is 0 Å². The molecule has 0 aliphatic rings. The molecule has 0 saturated carbocycles. The van der Waals surface area contributed by atoms with Crippen molar-refractivity contribution in [3.05, 3.63) is 0 Å². The minimum absolute atomic E-state index is 0.0634. The smallest absolute Gasteiger partial charge is 0.306 e. The lowest BCUT2D eigenvalue weighted by Crippen LogP contribution is -2.30. The zero-order valence-corrected chi connectivity index (χ0v) is 43.9. The number of esters is 3. The van der Waals surface area contributed by atoms with Crippen molar-refractivity contribution in [1.29, 1.82) is 0 Å². The lowest BCUT2D eigenvalue weighted by Gasteiger charge is -2.18. The van der Waals surface area contributed by atoms with Gasteiger partial charge in [0.2, 0.25) is 0 Å². The average Bonchev–Trinajstić information content (AvgIpc) is 3.28. The summed E-state index contributed by atoms with van der Waals surface area (Å²) in [6.07, 6.45) is 53.8. The second kappa shape index (κ2) is 50.8. The van der Waals surface area contributed by atoms with Gasteiger partial charge < -0.3 is 14.2 Å². The Morgan fingerprint density at radius 1 is 0.328 bits per heavy atom. The Morgan fingerprint density at radius 2 is 0.594 bits per heavy atom. The summed E-state index contributed by atoms with van der Waals surface area (Å²) in [5, 5.41) is 0. The topological polar surface area (TPSA) is 78.9 Å². The molecule has 0 radical (unpaired) electrons. The summed E-state index contributed by atoms with van der Waals surface area (Å²) in [5.41, 5.74) is 0. The minimum atomic E-state index is -0.763. The van der Waals surface area contributed by atoms with Gasteiger partial charge in [0.1, 0.15) is 13.2 Å². The van der Waals surface area contributed by atoms with Gasteiger partial charge in [0.15, 0.2) is 6.10 Å². The van der Waals surface area contributed by atoms with E-state index in [1.54, 1.807) is 0 Å². The Morgan fingerprint density at radius 3 is 0.891 bits per heavy atom. The Labute approximate surface area is 399 Å². The van der Waals surface area contributed by atoms with E-state index in [4.69, 9.17) is 14.2 Å². The highest BCUT2D eigenvalue weighted by molar-refractivity contribution is 5.71. The van der Waals surface area contributed by atoms with E-state index in [9.17, 15) is 14.4 Å². The van der Waals surface area contributed by atoms with Gasteiger partial charge >= 0.3 is 17.9 Å². The van der Waals surface area contributed by atoms with Crippen LogP contribution in [0.4, 0.5) is 0 Å². The van der Waals surface area contributed by atoms with E-state index in [2.05, 4.69) is 34.6 Å². The standard InChI is InChI=1S/C58H112O6/c1-6-8-9-10-11-12-13-14-15-16-17-18-19-20-21-30-35-40-45-50-58(61)64-55(51-62-56(59)48-43-38-33-28-24-22-26-31-36-41-46-53(3)4)52-63-57(60)49-44-39-34-29-25-23-27-32-37-42-47-54(5)7-2/h53-55H,6-52H2,1-5H3/t54?,55-/m0/s1. The molecule has 0 aromatic heterocycles. The number of rotatable bonds is 52. The van der Waals surface area contributed by atoms with E-state index in [-0.39, 0.29) is 31.1 Å². The van der Waals surface area contributed by atoms with E-state index in [1.807, 2.05) is 0 Å². The molecule has 0 rings (SSSR count). The third kappa shape index (κ3) is 49.8. The molecule has 0 fully saturated rings. The first-order chi connectivity index (χ1) is 31.3. The summed E-state index contributed by atoms with van der Waals surface area (Å²) < 4.78 is 16.9. The molecule has 6 heteroatoms. The lowest BCUT2D eigenvalue weighted by atomic mass is 9.99. The monoisotopic (exact) mass is 905 g/mol. The van der Waals surface area contributed by atoms with Crippen LogP contribution in [0.2, 0.25) is 0 Å². The number of ether oxygens (including phenoxy) is 3. The van der Waals surface area contributed by atoms with Crippen LogP contribution in [0.15, 0.2) is 0 Å². The highest BCUT2D eigenvalue weighted by Crippen LogP contribution is 2.18. The predicted octanol–water partition coefficient (Wildman–Crippen LogP) is 18.9. The Bertz CT molecular complexity index is 980. The Kier molecular flexibility index (Phi) is 49.6. The first kappa shape index (κ1) is 62.4. The molecule has 0 heterocycles. The van der Waals surface area contributed by atoms with Gasteiger partial charge in [0.05, 0.1) is 0 Å². The van der Waals surface area contributed by atoms with E-state index in [0.717, 1.165) is 69.6 Å². The molecule has 0 aromatic carbocycles. The number of carbonyl (C=O) groups excluding carboxylic acids is 3. The summed E-state index contributed by atoms with van der Waals surface area (Å²) >= 11 is 0. The average molecular weight is 906 g/mol. The molecular weight excluding hydrogens is 793 g/mol. The van der Waals surface area contributed by atoms with Crippen molar-refractivity contribution in [3.8, 4) is 0 Å². The fraction of sp³-hybridized carbons (Fsp3) is 0.948. The third-order valence-electron chi connectivity index (χ3n) is 13.6. The van der Waals surface area contributed by atoms with Gasteiger partial charge in [-0.3, -0.25) is 14.4 Å². The van der Waals surface area contributed by atoms with Crippen LogP contribution in [0.3, 0.4) is 0 Å². The fourth-order valence-electron chi connectivity index (χ4n) is 8.84. The quantitative estimate of drug-likeness (QED) is 0.0344.